The average Bonchev–Trinajstić information content (AvgIpc) is 2.77. The highest BCUT2D eigenvalue weighted by atomic mass is 32.2. The molecule has 1 aliphatic heterocycles. The second-order valence-corrected chi connectivity index (χ2v) is 5.86. The normalized spacial score (nSPS) is 13.6. The van der Waals surface area contributed by atoms with Crippen LogP contribution in [0, 0.1) is 0 Å². The molecule has 0 aliphatic carbocycles. The van der Waals surface area contributed by atoms with E-state index in [2.05, 4.69) is 4.98 Å². The fourth-order valence-electron chi connectivity index (χ4n) is 2.29. The molecule has 21 heavy (non-hydrogen) atoms. The van der Waals surface area contributed by atoms with Gasteiger partial charge in [-0.1, -0.05) is 12.1 Å². The van der Waals surface area contributed by atoms with E-state index in [-0.39, 0.29) is 11.8 Å². The molecule has 0 bridgehead atoms. The Kier molecular flexibility index (Phi) is 4.01. The molecule has 0 unspecified atom stereocenters. The lowest BCUT2D eigenvalue weighted by atomic mass is 10.1. The molecule has 2 aromatic rings. The number of aromatic nitrogens is 1. The third-order valence-corrected chi connectivity index (χ3v) is 4.42. The Hall–Kier alpha value is -2.14. The van der Waals surface area contributed by atoms with Gasteiger partial charge in [0.25, 0.3) is 11.8 Å². The lowest BCUT2D eigenvalue weighted by Gasteiger charge is -2.13. The van der Waals surface area contributed by atoms with Crippen molar-refractivity contribution in [3.8, 4) is 0 Å². The zero-order valence-corrected chi connectivity index (χ0v) is 12.2. The molecule has 0 saturated carbocycles. The molecule has 4 nitrogen and oxygen atoms in total. The number of amides is 2. The largest absolute Gasteiger partial charge is 0.274 e. The van der Waals surface area contributed by atoms with Crippen molar-refractivity contribution >= 4 is 23.6 Å². The van der Waals surface area contributed by atoms with E-state index in [1.807, 2.05) is 12.1 Å². The molecule has 5 heteroatoms. The van der Waals surface area contributed by atoms with Gasteiger partial charge in [0.05, 0.1) is 11.1 Å². The standard InChI is InChI=1S/C16H14N2O2S/c19-15-13-4-1-2-5-14(13)16(20)18(15)10-3-11-21-12-6-8-17-9-7-12/h1-2,4-9H,3,10-11H2. The second-order valence-electron chi connectivity index (χ2n) is 4.69. The van der Waals surface area contributed by atoms with Gasteiger partial charge in [-0.25, -0.2) is 0 Å². The smallest absolute Gasteiger partial charge is 0.261 e. The van der Waals surface area contributed by atoms with Crippen LogP contribution in [0.25, 0.3) is 0 Å². The number of imide groups is 1. The minimum Gasteiger partial charge on any atom is -0.274 e. The number of hydrogen-bond donors (Lipinski definition) is 0. The van der Waals surface area contributed by atoms with Crippen LogP contribution < -0.4 is 0 Å². The van der Waals surface area contributed by atoms with E-state index in [1.54, 1.807) is 48.4 Å². The van der Waals surface area contributed by atoms with Crippen molar-refractivity contribution < 1.29 is 9.59 Å². The summed E-state index contributed by atoms with van der Waals surface area (Å²) in [5, 5.41) is 0. The van der Waals surface area contributed by atoms with Gasteiger partial charge < -0.3 is 0 Å². The van der Waals surface area contributed by atoms with Gasteiger partial charge in [0.2, 0.25) is 0 Å². The van der Waals surface area contributed by atoms with Crippen molar-refractivity contribution in [2.24, 2.45) is 0 Å². The van der Waals surface area contributed by atoms with Crippen LogP contribution >= 0.6 is 11.8 Å². The molecule has 0 N–H and O–H groups in total. The Morgan fingerprint density at radius 1 is 0.952 bits per heavy atom. The molecule has 2 amide bonds. The fourth-order valence-corrected chi connectivity index (χ4v) is 3.11. The Balaban J connectivity index is 1.55. The Morgan fingerprint density at radius 2 is 1.57 bits per heavy atom. The van der Waals surface area contributed by atoms with Crippen LogP contribution in [0.2, 0.25) is 0 Å². The highest BCUT2D eigenvalue weighted by Gasteiger charge is 2.34. The Labute approximate surface area is 127 Å². The Bertz CT molecular complexity index is 638. The molecule has 1 aliphatic rings. The predicted octanol–water partition coefficient (Wildman–Crippen LogP) is 2.86. The summed E-state index contributed by atoms with van der Waals surface area (Å²) in [6, 6.07) is 10.9. The van der Waals surface area contributed by atoms with E-state index in [0.717, 1.165) is 17.1 Å². The summed E-state index contributed by atoms with van der Waals surface area (Å²) in [5.41, 5.74) is 1.04. The summed E-state index contributed by atoms with van der Waals surface area (Å²) >= 11 is 1.70. The van der Waals surface area contributed by atoms with Gasteiger partial charge in [-0.05, 0) is 36.4 Å². The van der Waals surface area contributed by atoms with Crippen molar-refractivity contribution in [1.29, 1.82) is 0 Å². The minimum atomic E-state index is -0.176. The zero-order valence-electron chi connectivity index (χ0n) is 11.4. The fraction of sp³-hybridized carbons (Fsp3) is 0.188. The number of thioether (sulfide) groups is 1. The van der Waals surface area contributed by atoms with Crippen molar-refractivity contribution in [2.75, 3.05) is 12.3 Å². The maximum atomic E-state index is 12.2. The zero-order chi connectivity index (χ0) is 14.7. The quantitative estimate of drug-likeness (QED) is 0.484. The first-order valence-corrected chi connectivity index (χ1v) is 7.74. The molecule has 0 saturated heterocycles. The van der Waals surface area contributed by atoms with Crippen molar-refractivity contribution in [2.45, 2.75) is 11.3 Å². The number of carbonyl (C=O) groups is 2. The Morgan fingerprint density at radius 3 is 2.19 bits per heavy atom. The van der Waals surface area contributed by atoms with Crippen LogP contribution in [-0.4, -0.2) is 34.0 Å². The van der Waals surface area contributed by atoms with Crippen LogP contribution in [0.5, 0.6) is 0 Å². The molecule has 0 atom stereocenters. The molecule has 0 fully saturated rings. The number of rotatable bonds is 5. The van der Waals surface area contributed by atoms with Gasteiger partial charge in [0.1, 0.15) is 0 Å². The molecular weight excluding hydrogens is 284 g/mol. The summed E-state index contributed by atoms with van der Waals surface area (Å²) in [5.74, 6) is 0.506. The summed E-state index contributed by atoms with van der Waals surface area (Å²) in [7, 11) is 0. The van der Waals surface area contributed by atoms with E-state index in [9.17, 15) is 9.59 Å². The summed E-state index contributed by atoms with van der Waals surface area (Å²) in [4.78, 5) is 30.8. The number of pyridine rings is 1. The maximum absolute atomic E-state index is 12.2. The van der Waals surface area contributed by atoms with E-state index in [4.69, 9.17) is 0 Å². The van der Waals surface area contributed by atoms with Crippen molar-refractivity contribution in [3.63, 3.8) is 0 Å². The molecule has 106 valence electrons. The monoisotopic (exact) mass is 298 g/mol. The second kappa shape index (κ2) is 6.10. The molecule has 1 aromatic heterocycles. The molecule has 3 rings (SSSR count). The molecule has 1 aromatic carbocycles. The van der Waals surface area contributed by atoms with Gasteiger partial charge in [-0.15, -0.1) is 11.8 Å². The highest BCUT2D eigenvalue weighted by Crippen LogP contribution is 2.23. The highest BCUT2D eigenvalue weighted by molar-refractivity contribution is 7.99. The van der Waals surface area contributed by atoms with Crippen LogP contribution in [0.3, 0.4) is 0 Å². The van der Waals surface area contributed by atoms with Crippen LogP contribution in [0.15, 0.2) is 53.7 Å². The van der Waals surface area contributed by atoms with Gasteiger partial charge in [-0.3, -0.25) is 19.5 Å². The van der Waals surface area contributed by atoms with E-state index in [1.165, 1.54) is 4.90 Å². The first-order valence-electron chi connectivity index (χ1n) is 6.75. The van der Waals surface area contributed by atoms with Crippen molar-refractivity contribution in [3.05, 3.63) is 59.9 Å². The number of carbonyl (C=O) groups excluding carboxylic acids is 2. The summed E-state index contributed by atoms with van der Waals surface area (Å²) < 4.78 is 0. The van der Waals surface area contributed by atoms with Gasteiger partial charge in [0, 0.05) is 23.8 Å². The van der Waals surface area contributed by atoms with Gasteiger partial charge >= 0.3 is 0 Å². The maximum Gasteiger partial charge on any atom is 0.261 e. The number of nitrogens with zero attached hydrogens (tertiary/aromatic N) is 2. The summed E-state index contributed by atoms with van der Waals surface area (Å²) in [6.07, 6.45) is 4.29. The van der Waals surface area contributed by atoms with Gasteiger partial charge in [0.15, 0.2) is 0 Å². The molecule has 0 radical (unpaired) electrons. The lowest BCUT2D eigenvalue weighted by molar-refractivity contribution is 0.0655. The number of hydrogen-bond acceptors (Lipinski definition) is 4. The third-order valence-electron chi connectivity index (χ3n) is 3.32. The minimum absolute atomic E-state index is 0.176. The molecular formula is C16H14N2O2S. The van der Waals surface area contributed by atoms with E-state index >= 15 is 0 Å². The predicted molar refractivity (Wildman–Crippen MR) is 81.4 cm³/mol. The number of fused-ring (bicyclic) bond motifs is 1. The number of benzene rings is 1. The van der Waals surface area contributed by atoms with Crippen LogP contribution in [0.1, 0.15) is 27.1 Å². The van der Waals surface area contributed by atoms with E-state index in [0.29, 0.717) is 17.7 Å². The average molecular weight is 298 g/mol. The third kappa shape index (κ3) is 2.83. The molecule has 2 heterocycles. The van der Waals surface area contributed by atoms with Crippen molar-refractivity contribution in [1.82, 2.24) is 9.88 Å². The summed E-state index contributed by atoms with van der Waals surface area (Å²) in [6.45, 7) is 0.463. The van der Waals surface area contributed by atoms with Crippen LogP contribution in [-0.2, 0) is 0 Å². The topological polar surface area (TPSA) is 50.3 Å². The SMILES string of the molecule is O=C1c2ccccc2C(=O)N1CCCSc1ccncc1. The van der Waals surface area contributed by atoms with Crippen LogP contribution in [0.4, 0.5) is 0 Å². The first kappa shape index (κ1) is 13.8. The van der Waals surface area contributed by atoms with Gasteiger partial charge in [-0.2, -0.15) is 0 Å². The van der Waals surface area contributed by atoms with E-state index < -0.39 is 0 Å². The lowest BCUT2D eigenvalue weighted by Crippen LogP contribution is -2.30. The first-order chi connectivity index (χ1) is 10.3. The molecule has 0 spiro atoms.